The standard InChI is InChI=1S/C23H19Cl2N3O3/c1-14(2)28(13-21-26-27-22(31-21)16-8-4-6-10-18(16)25)23(29)20-12-11-19(30-20)15-7-3-5-9-17(15)24/h3-12,14H,13H2,1-2H3. The summed E-state index contributed by atoms with van der Waals surface area (Å²) in [6.45, 7) is 3.94. The predicted molar refractivity (Wildman–Crippen MR) is 119 cm³/mol. The number of carbonyl (C=O) groups excluding carboxylic acids is 1. The lowest BCUT2D eigenvalue weighted by Gasteiger charge is -2.24. The fourth-order valence-electron chi connectivity index (χ4n) is 3.10. The molecule has 4 aromatic rings. The van der Waals surface area contributed by atoms with Gasteiger partial charge in [-0.2, -0.15) is 0 Å². The lowest BCUT2D eigenvalue weighted by atomic mass is 10.2. The van der Waals surface area contributed by atoms with E-state index in [0.29, 0.717) is 33.2 Å². The minimum atomic E-state index is -0.286. The number of halogens is 2. The van der Waals surface area contributed by atoms with Crippen LogP contribution in [0.15, 0.2) is 69.5 Å². The topological polar surface area (TPSA) is 72.4 Å². The molecular weight excluding hydrogens is 437 g/mol. The number of aromatic nitrogens is 2. The van der Waals surface area contributed by atoms with Crippen molar-refractivity contribution in [2.24, 2.45) is 0 Å². The zero-order valence-electron chi connectivity index (χ0n) is 16.9. The Morgan fingerprint density at radius 1 is 0.903 bits per heavy atom. The van der Waals surface area contributed by atoms with Crippen molar-refractivity contribution < 1.29 is 13.6 Å². The van der Waals surface area contributed by atoms with Gasteiger partial charge in [-0.05, 0) is 50.2 Å². The van der Waals surface area contributed by atoms with Crippen molar-refractivity contribution in [1.29, 1.82) is 0 Å². The molecule has 2 aromatic carbocycles. The second-order valence-corrected chi connectivity index (χ2v) is 7.97. The second kappa shape index (κ2) is 8.96. The summed E-state index contributed by atoms with van der Waals surface area (Å²) in [4.78, 5) is 14.7. The Bertz CT molecular complexity index is 1220. The van der Waals surface area contributed by atoms with E-state index in [1.54, 1.807) is 35.2 Å². The van der Waals surface area contributed by atoms with E-state index in [1.165, 1.54) is 0 Å². The van der Waals surface area contributed by atoms with Crippen LogP contribution in [-0.4, -0.2) is 27.0 Å². The number of hydrogen-bond donors (Lipinski definition) is 0. The van der Waals surface area contributed by atoms with Gasteiger partial charge in [0.25, 0.3) is 5.91 Å². The molecule has 0 spiro atoms. The van der Waals surface area contributed by atoms with Gasteiger partial charge in [-0.15, -0.1) is 10.2 Å². The summed E-state index contributed by atoms with van der Waals surface area (Å²) in [5, 5.41) is 9.21. The van der Waals surface area contributed by atoms with E-state index in [9.17, 15) is 4.79 Å². The van der Waals surface area contributed by atoms with E-state index in [-0.39, 0.29) is 24.3 Å². The molecule has 158 valence electrons. The number of amides is 1. The molecule has 0 unspecified atom stereocenters. The number of hydrogen-bond acceptors (Lipinski definition) is 5. The molecule has 0 fully saturated rings. The lowest BCUT2D eigenvalue weighted by Crippen LogP contribution is -2.36. The monoisotopic (exact) mass is 455 g/mol. The van der Waals surface area contributed by atoms with E-state index in [1.807, 2.05) is 44.2 Å². The molecule has 6 nitrogen and oxygen atoms in total. The summed E-state index contributed by atoms with van der Waals surface area (Å²) in [6.07, 6.45) is 0. The maximum absolute atomic E-state index is 13.1. The Kier molecular flexibility index (Phi) is 6.11. The molecule has 0 N–H and O–H groups in total. The minimum Gasteiger partial charge on any atom is -0.451 e. The third kappa shape index (κ3) is 4.50. The van der Waals surface area contributed by atoms with Gasteiger partial charge in [0.05, 0.1) is 22.2 Å². The minimum absolute atomic E-state index is 0.128. The molecule has 0 aliphatic rings. The zero-order chi connectivity index (χ0) is 22.0. The highest BCUT2D eigenvalue weighted by atomic mass is 35.5. The van der Waals surface area contributed by atoms with Crippen molar-refractivity contribution >= 4 is 29.1 Å². The van der Waals surface area contributed by atoms with Crippen molar-refractivity contribution in [1.82, 2.24) is 15.1 Å². The third-order valence-electron chi connectivity index (χ3n) is 4.72. The predicted octanol–water partition coefficient (Wildman–Crippen LogP) is 6.35. The van der Waals surface area contributed by atoms with E-state index < -0.39 is 0 Å². The van der Waals surface area contributed by atoms with Gasteiger partial charge < -0.3 is 13.7 Å². The van der Waals surface area contributed by atoms with Crippen molar-refractivity contribution in [3.8, 4) is 22.8 Å². The average Bonchev–Trinajstić information content (AvgIpc) is 3.42. The van der Waals surface area contributed by atoms with Gasteiger partial charge in [0.1, 0.15) is 5.76 Å². The Balaban J connectivity index is 1.56. The van der Waals surface area contributed by atoms with E-state index in [4.69, 9.17) is 32.0 Å². The maximum atomic E-state index is 13.1. The fraction of sp³-hybridized carbons (Fsp3) is 0.174. The smallest absolute Gasteiger partial charge is 0.290 e. The van der Waals surface area contributed by atoms with Gasteiger partial charge in [-0.25, -0.2) is 0 Å². The van der Waals surface area contributed by atoms with Gasteiger partial charge in [0.15, 0.2) is 5.76 Å². The van der Waals surface area contributed by atoms with Crippen LogP contribution in [0.3, 0.4) is 0 Å². The summed E-state index contributed by atoms with van der Waals surface area (Å²) in [6, 6.07) is 17.7. The molecule has 0 atom stereocenters. The zero-order valence-corrected chi connectivity index (χ0v) is 18.4. The first-order chi connectivity index (χ1) is 14.9. The van der Waals surface area contributed by atoms with Crippen LogP contribution in [0.1, 0.15) is 30.3 Å². The molecule has 1 amide bonds. The van der Waals surface area contributed by atoms with Crippen LogP contribution in [0.2, 0.25) is 10.0 Å². The van der Waals surface area contributed by atoms with Gasteiger partial charge in [-0.3, -0.25) is 4.79 Å². The van der Waals surface area contributed by atoms with Crippen LogP contribution in [0.25, 0.3) is 22.8 Å². The Morgan fingerprint density at radius 2 is 1.55 bits per heavy atom. The fourth-order valence-corrected chi connectivity index (χ4v) is 3.54. The molecule has 31 heavy (non-hydrogen) atoms. The van der Waals surface area contributed by atoms with Crippen molar-refractivity contribution in [3.05, 3.63) is 82.4 Å². The highest BCUT2D eigenvalue weighted by Crippen LogP contribution is 2.30. The molecule has 0 aliphatic carbocycles. The molecule has 0 saturated heterocycles. The van der Waals surface area contributed by atoms with Gasteiger partial charge in [-0.1, -0.05) is 47.5 Å². The summed E-state index contributed by atoms with van der Waals surface area (Å²) < 4.78 is 11.6. The van der Waals surface area contributed by atoms with Crippen LogP contribution < -0.4 is 0 Å². The highest BCUT2D eigenvalue weighted by Gasteiger charge is 2.25. The van der Waals surface area contributed by atoms with Crippen LogP contribution in [-0.2, 0) is 6.54 Å². The third-order valence-corrected chi connectivity index (χ3v) is 5.38. The normalized spacial score (nSPS) is 11.1. The van der Waals surface area contributed by atoms with Crippen molar-refractivity contribution in [2.75, 3.05) is 0 Å². The largest absolute Gasteiger partial charge is 0.451 e. The van der Waals surface area contributed by atoms with Gasteiger partial charge in [0.2, 0.25) is 11.8 Å². The van der Waals surface area contributed by atoms with Crippen LogP contribution in [0.5, 0.6) is 0 Å². The number of furan rings is 1. The second-order valence-electron chi connectivity index (χ2n) is 7.15. The maximum Gasteiger partial charge on any atom is 0.290 e. The first kappa shape index (κ1) is 21.2. The van der Waals surface area contributed by atoms with Crippen molar-refractivity contribution in [3.63, 3.8) is 0 Å². The Labute approximate surface area is 189 Å². The lowest BCUT2D eigenvalue weighted by molar-refractivity contribution is 0.0640. The number of rotatable bonds is 6. The Hall–Kier alpha value is -3.09. The number of benzene rings is 2. The highest BCUT2D eigenvalue weighted by molar-refractivity contribution is 6.33. The Morgan fingerprint density at radius 3 is 2.19 bits per heavy atom. The summed E-state index contributed by atoms with van der Waals surface area (Å²) >= 11 is 12.4. The quantitative estimate of drug-likeness (QED) is 0.338. The first-order valence-corrected chi connectivity index (χ1v) is 10.4. The van der Waals surface area contributed by atoms with Crippen LogP contribution >= 0.6 is 23.2 Å². The summed E-state index contributed by atoms with van der Waals surface area (Å²) in [5.74, 6) is 1.04. The molecule has 8 heteroatoms. The molecule has 0 radical (unpaired) electrons. The van der Waals surface area contributed by atoms with Crippen LogP contribution in [0.4, 0.5) is 0 Å². The molecule has 0 bridgehead atoms. The van der Waals surface area contributed by atoms with Crippen molar-refractivity contribution in [2.45, 2.75) is 26.4 Å². The summed E-state index contributed by atoms with van der Waals surface area (Å²) in [5.41, 5.74) is 1.36. The van der Waals surface area contributed by atoms with E-state index in [2.05, 4.69) is 10.2 Å². The molecule has 0 aliphatic heterocycles. The SMILES string of the molecule is CC(C)N(Cc1nnc(-c2ccccc2Cl)o1)C(=O)c1ccc(-c2ccccc2Cl)o1. The molecule has 2 heterocycles. The molecule has 4 rings (SSSR count). The van der Waals surface area contributed by atoms with E-state index in [0.717, 1.165) is 5.56 Å². The molecule has 2 aromatic heterocycles. The van der Waals surface area contributed by atoms with Gasteiger partial charge >= 0.3 is 0 Å². The molecule has 0 saturated carbocycles. The average molecular weight is 456 g/mol. The molecular formula is C23H19Cl2N3O3. The number of carbonyl (C=O) groups is 1. The first-order valence-electron chi connectivity index (χ1n) is 9.67. The number of nitrogens with zero attached hydrogens (tertiary/aromatic N) is 3. The summed E-state index contributed by atoms with van der Waals surface area (Å²) in [7, 11) is 0. The van der Waals surface area contributed by atoms with Gasteiger partial charge in [0, 0.05) is 11.6 Å². The van der Waals surface area contributed by atoms with Crippen LogP contribution in [0, 0.1) is 0 Å². The van der Waals surface area contributed by atoms with E-state index >= 15 is 0 Å².